The van der Waals surface area contributed by atoms with Crippen molar-refractivity contribution < 1.29 is 4.74 Å². The van der Waals surface area contributed by atoms with E-state index in [-0.39, 0.29) is 6.10 Å². The van der Waals surface area contributed by atoms with Crippen molar-refractivity contribution in [3.8, 4) is 0 Å². The molecule has 0 aromatic heterocycles. The van der Waals surface area contributed by atoms with Crippen LogP contribution in [0.5, 0.6) is 0 Å². The van der Waals surface area contributed by atoms with Gasteiger partial charge in [0.05, 0.1) is 13.2 Å². The highest BCUT2D eigenvalue weighted by atomic mass is 16.5. The van der Waals surface area contributed by atoms with E-state index in [4.69, 9.17) is 4.74 Å². The maximum absolute atomic E-state index is 5.06. The van der Waals surface area contributed by atoms with Crippen molar-refractivity contribution >= 4 is 0 Å². The fraction of sp³-hybridized carbons (Fsp3) is 0.182. The summed E-state index contributed by atoms with van der Waals surface area (Å²) in [6.45, 7) is 3.67. The van der Waals surface area contributed by atoms with Crippen LogP contribution in [0.25, 0.3) is 0 Å². The zero-order chi connectivity index (χ0) is 8.81. The normalized spacial score (nSPS) is 12.4. The third-order valence-electron chi connectivity index (χ3n) is 1.75. The van der Waals surface area contributed by atoms with E-state index in [0.29, 0.717) is 0 Å². The number of benzene rings is 1. The average molecular weight is 161 g/mol. The van der Waals surface area contributed by atoms with Gasteiger partial charge in [-0.1, -0.05) is 36.4 Å². The van der Waals surface area contributed by atoms with E-state index in [2.05, 4.69) is 13.7 Å². The molecule has 0 spiro atoms. The maximum Gasteiger partial charge on any atom is 0.0860 e. The molecule has 1 radical (unpaired) electrons. The van der Waals surface area contributed by atoms with E-state index >= 15 is 0 Å². The van der Waals surface area contributed by atoms with Gasteiger partial charge in [0.25, 0.3) is 0 Å². The van der Waals surface area contributed by atoms with Crippen molar-refractivity contribution in [2.24, 2.45) is 0 Å². The van der Waals surface area contributed by atoms with Crippen molar-refractivity contribution in [3.05, 3.63) is 55.7 Å². The third-order valence-corrected chi connectivity index (χ3v) is 1.75. The molecule has 1 heteroatoms. The van der Waals surface area contributed by atoms with Crippen LogP contribution in [0.3, 0.4) is 0 Å². The molecule has 0 saturated heterocycles. The Kier molecular flexibility index (Phi) is 3.55. The van der Waals surface area contributed by atoms with Crippen LogP contribution in [0.15, 0.2) is 43.0 Å². The number of rotatable bonds is 4. The lowest BCUT2D eigenvalue weighted by atomic mass is 10.1. The Labute approximate surface area is 73.7 Å². The first kappa shape index (κ1) is 9.01. The van der Waals surface area contributed by atoms with E-state index in [1.54, 1.807) is 0 Å². The average Bonchev–Trinajstić information content (AvgIpc) is 2.15. The molecule has 0 aliphatic heterocycles. The summed E-state index contributed by atoms with van der Waals surface area (Å²) in [7, 11) is 3.43. The Morgan fingerprint density at radius 1 is 1.33 bits per heavy atom. The molecule has 12 heavy (non-hydrogen) atoms. The monoisotopic (exact) mass is 161 g/mol. The van der Waals surface area contributed by atoms with Crippen molar-refractivity contribution in [2.75, 3.05) is 0 Å². The van der Waals surface area contributed by atoms with Gasteiger partial charge in [-0.05, 0) is 12.0 Å². The number of hydrogen-bond donors (Lipinski definition) is 0. The van der Waals surface area contributed by atoms with Gasteiger partial charge in [0, 0.05) is 0 Å². The van der Waals surface area contributed by atoms with Crippen LogP contribution in [-0.2, 0) is 4.74 Å². The van der Waals surface area contributed by atoms with Crippen LogP contribution in [0.2, 0.25) is 0 Å². The Bertz CT molecular complexity index is 228. The molecule has 1 aromatic carbocycles. The highest BCUT2D eigenvalue weighted by Gasteiger charge is 2.06. The second kappa shape index (κ2) is 4.73. The van der Waals surface area contributed by atoms with Crippen LogP contribution >= 0.6 is 0 Å². The van der Waals surface area contributed by atoms with E-state index in [1.807, 2.05) is 36.4 Å². The predicted molar refractivity (Wildman–Crippen MR) is 50.4 cm³/mol. The summed E-state index contributed by atoms with van der Waals surface area (Å²) in [5.41, 5.74) is 1.15. The molecule has 0 amide bonds. The minimum atomic E-state index is 0.0451. The van der Waals surface area contributed by atoms with Crippen molar-refractivity contribution in [3.63, 3.8) is 0 Å². The summed E-state index contributed by atoms with van der Waals surface area (Å²) >= 11 is 0. The second-order valence-corrected chi connectivity index (χ2v) is 2.59. The lowest BCUT2D eigenvalue weighted by Gasteiger charge is -2.12. The van der Waals surface area contributed by atoms with Crippen LogP contribution < -0.4 is 0 Å². The molecule has 1 nitrogen and oxygen atoms in total. The van der Waals surface area contributed by atoms with Gasteiger partial charge in [-0.25, -0.2) is 0 Å². The van der Waals surface area contributed by atoms with Gasteiger partial charge in [-0.15, -0.1) is 6.58 Å². The molecular formula is C11H13O. The largest absolute Gasteiger partial charge is 0.371 e. The lowest BCUT2D eigenvalue weighted by molar-refractivity contribution is 0.142. The van der Waals surface area contributed by atoms with Gasteiger partial charge in [0.1, 0.15) is 0 Å². The summed E-state index contributed by atoms with van der Waals surface area (Å²) in [6, 6.07) is 10.0. The van der Waals surface area contributed by atoms with Crippen molar-refractivity contribution in [1.82, 2.24) is 0 Å². The van der Waals surface area contributed by atoms with E-state index in [0.717, 1.165) is 12.0 Å². The van der Waals surface area contributed by atoms with Gasteiger partial charge >= 0.3 is 0 Å². The lowest BCUT2D eigenvalue weighted by Crippen LogP contribution is -1.97. The topological polar surface area (TPSA) is 9.23 Å². The smallest absolute Gasteiger partial charge is 0.0860 e. The number of ether oxygens (including phenoxy) is 1. The Hall–Kier alpha value is -1.08. The number of hydrogen-bond acceptors (Lipinski definition) is 1. The van der Waals surface area contributed by atoms with E-state index in [9.17, 15) is 0 Å². The SMILES string of the molecule is [CH2]OC(CC=C)c1ccccc1. The van der Waals surface area contributed by atoms with E-state index < -0.39 is 0 Å². The van der Waals surface area contributed by atoms with Gasteiger partial charge in [-0.3, -0.25) is 0 Å². The predicted octanol–water partition coefficient (Wildman–Crippen LogP) is 3.11. The Morgan fingerprint density at radius 2 is 2.00 bits per heavy atom. The zero-order valence-corrected chi connectivity index (χ0v) is 7.07. The fourth-order valence-electron chi connectivity index (χ4n) is 1.12. The molecular weight excluding hydrogens is 148 g/mol. The third kappa shape index (κ3) is 2.21. The Morgan fingerprint density at radius 3 is 2.50 bits per heavy atom. The zero-order valence-electron chi connectivity index (χ0n) is 7.07. The van der Waals surface area contributed by atoms with Crippen LogP contribution in [0.4, 0.5) is 0 Å². The molecule has 0 N–H and O–H groups in total. The highest BCUT2D eigenvalue weighted by molar-refractivity contribution is 5.18. The molecule has 0 aliphatic rings. The summed E-state index contributed by atoms with van der Waals surface area (Å²) < 4.78 is 5.06. The van der Waals surface area contributed by atoms with Gasteiger partial charge < -0.3 is 4.74 Å². The standard InChI is InChI=1S/C11H13O/c1-3-7-11(12-2)10-8-5-4-6-9-10/h3-6,8-9,11H,1-2,7H2. The van der Waals surface area contributed by atoms with Gasteiger partial charge in [0.2, 0.25) is 0 Å². The quantitative estimate of drug-likeness (QED) is 0.616. The molecule has 1 atom stereocenters. The molecule has 63 valence electrons. The molecule has 0 aliphatic carbocycles. The van der Waals surface area contributed by atoms with Crippen LogP contribution in [0.1, 0.15) is 18.1 Å². The first-order chi connectivity index (χ1) is 5.88. The van der Waals surface area contributed by atoms with Gasteiger partial charge in [-0.2, -0.15) is 0 Å². The van der Waals surface area contributed by atoms with Crippen molar-refractivity contribution in [2.45, 2.75) is 12.5 Å². The molecule has 0 heterocycles. The minimum Gasteiger partial charge on any atom is -0.371 e. The summed E-state index contributed by atoms with van der Waals surface area (Å²) in [4.78, 5) is 0. The van der Waals surface area contributed by atoms with E-state index in [1.165, 1.54) is 0 Å². The summed E-state index contributed by atoms with van der Waals surface area (Å²) in [5, 5.41) is 0. The molecule has 1 rings (SSSR count). The first-order valence-corrected chi connectivity index (χ1v) is 3.95. The molecule has 1 aromatic rings. The molecule has 0 saturated carbocycles. The molecule has 0 fully saturated rings. The van der Waals surface area contributed by atoms with Crippen molar-refractivity contribution in [1.29, 1.82) is 0 Å². The summed E-state index contributed by atoms with van der Waals surface area (Å²) in [5.74, 6) is 0. The fourth-order valence-corrected chi connectivity index (χ4v) is 1.12. The summed E-state index contributed by atoms with van der Waals surface area (Å²) in [6.07, 6.45) is 2.68. The first-order valence-electron chi connectivity index (χ1n) is 3.95. The molecule has 0 bridgehead atoms. The second-order valence-electron chi connectivity index (χ2n) is 2.59. The van der Waals surface area contributed by atoms with Gasteiger partial charge in [0.15, 0.2) is 0 Å². The molecule has 1 unspecified atom stereocenters. The van der Waals surface area contributed by atoms with Crippen LogP contribution in [0, 0.1) is 7.11 Å². The maximum atomic E-state index is 5.06. The Balaban J connectivity index is 2.72. The highest BCUT2D eigenvalue weighted by Crippen LogP contribution is 2.20. The van der Waals surface area contributed by atoms with Crippen LogP contribution in [-0.4, -0.2) is 0 Å². The minimum absolute atomic E-state index is 0.0451.